The molecule has 26 heavy (non-hydrogen) atoms. The summed E-state index contributed by atoms with van der Waals surface area (Å²) in [6.07, 6.45) is 5.87. The highest BCUT2D eigenvalue weighted by Crippen LogP contribution is 2.42. The lowest BCUT2D eigenvalue weighted by Crippen LogP contribution is -2.30. The summed E-state index contributed by atoms with van der Waals surface area (Å²) in [5.74, 6) is 0.736. The minimum Gasteiger partial charge on any atom is -0.467 e. The van der Waals surface area contributed by atoms with Crippen molar-refractivity contribution < 1.29 is 9.21 Å². The van der Waals surface area contributed by atoms with E-state index >= 15 is 0 Å². The molecule has 6 heteroatoms. The molecule has 1 unspecified atom stereocenters. The molecule has 0 bridgehead atoms. The molecule has 3 aromatic rings. The average molecular weight is 367 g/mol. The summed E-state index contributed by atoms with van der Waals surface area (Å²) >= 11 is 1.51. The molecule has 1 atom stereocenters. The highest BCUT2D eigenvalue weighted by atomic mass is 32.2. The molecule has 1 aromatic carbocycles. The van der Waals surface area contributed by atoms with Crippen LogP contribution in [0.1, 0.15) is 31.6 Å². The molecular formula is C20H21N3O2S. The van der Waals surface area contributed by atoms with Gasteiger partial charge in [0.05, 0.1) is 29.9 Å². The van der Waals surface area contributed by atoms with Crippen LogP contribution in [-0.2, 0) is 11.3 Å². The highest BCUT2D eigenvalue weighted by molar-refractivity contribution is 8.00. The zero-order valence-corrected chi connectivity index (χ0v) is 15.4. The van der Waals surface area contributed by atoms with Crippen LogP contribution in [0, 0.1) is 0 Å². The number of imidazole rings is 1. The Morgan fingerprint density at radius 1 is 1.31 bits per heavy atom. The van der Waals surface area contributed by atoms with Crippen molar-refractivity contribution in [3.05, 3.63) is 60.7 Å². The average Bonchev–Trinajstić information content (AvgIpc) is 3.20. The smallest absolute Gasteiger partial charge is 0.233 e. The maximum Gasteiger partial charge on any atom is 0.233 e. The van der Waals surface area contributed by atoms with Gasteiger partial charge in [-0.1, -0.05) is 42.1 Å². The molecule has 1 aliphatic rings. The largest absolute Gasteiger partial charge is 0.467 e. The fraction of sp³-hybridized carbons (Fsp3) is 0.300. The molecule has 2 aromatic heterocycles. The number of nitrogens with one attached hydrogen (secondary N) is 1. The summed E-state index contributed by atoms with van der Waals surface area (Å²) in [5, 5.41) is 3.60. The molecule has 2 heterocycles. The van der Waals surface area contributed by atoms with Crippen LogP contribution < -0.4 is 5.32 Å². The number of nitrogens with zero attached hydrogens (tertiary/aromatic N) is 2. The van der Waals surface area contributed by atoms with Gasteiger partial charge in [-0.05, 0) is 37.5 Å². The van der Waals surface area contributed by atoms with E-state index in [1.165, 1.54) is 24.6 Å². The Morgan fingerprint density at radius 3 is 2.81 bits per heavy atom. The minimum atomic E-state index is -0.228. The van der Waals surface area contributed by atoms with Gasteiger partial charge < -0.3 is 14.3 Å². The van der Waals surface area contributed by atoms with Crippen LogP contribution in [0.15, 0.2) is 64.5 Å². The van der Waals surface area contributed by atoms with Gasteiger partial charge in [0.25, 0.3) is 0 Å². The van der Waals surface area contributed by atoms with Crippen molar-refractivity contribution >= 4 is 17.7 Å². The molecular weight excluding hydrogens is 346 g/mol. The third-order valence-electron chi connectivity index (χ3n) is 4.41. The van der Waals surface area contributed by atoms with Gasteiger partial charge in [-0.2, -0.15) is 0 Å². The zero-order valence-electron chi connectivity index (χ0n) is 14.6. The molecule has 0 radical (unpaired) electrons. The molecule has 0 saturated heterocycles. The fourth-order valence-corrected chi connectivity index (χ4v) is 3.86. The molecule has 0 aliphatic heterocycles. The summed E-state index contributed by atoms with van der Waals surface area (Å²) in [4.78, 5) is 17.0. The Labute approximate surface area is 156 Å². The second-order valence-corrected chi connectivity index (χ2v) is 7.76. The first-order chi connectivity index (χ1) is 12.7. The summed E-state index contributed by atoms with van der Waals surface area (Å²) in [6.45, 7) is 2.32. The lowest BCUT2D eigenvalue weighted by Gasteiger charge is -2.14. The second kappa shape index (κ2) is 7.41. The quantitative estimate of drug-likeness (QED) is 0.634. The lowest BCUT2D eigenvalue weighted by atomic mass is 10.2. The number of amides is 1. The van der Waals surface area contributed by atoms with E-state index in [1.807, 2.05) is 43.5 Å². The maximum atomic E-state index is 12.4. The first-order valence-corrected chi connectivity index (χ1v) is 9.69. The monoisotopic (exact) mass is 367 g/mol. The molecule has 0 spiro atoms. The van der Waals surface area contributed by atoms with Gasteiger partial charge in [-0.25, -0.2) is 4.98 Å². The molecule has 4 rings (SSSR count). The SMILES string of the molecule is CC(Sc1ncc(-c2ccccc2)n1C1CC1)C(=O)NCc1ccco1. The molecule has 134 valence electrons. The van der Waals surface area contributed by atoms with Crippen molar-refractivity contribution in [2.75, 3.05) is 0 Å². The molecule has 5 nitrogen and oxygen atoms in total. The van der Waals surface area contributed by atoms with Crippen LogP contribution in [0.25, 0.3) is 11.3 Å². The number of furan rings is 1. The van der Waals surface area contributed by atoms with Crippen molar-refractivity contribution in [2.24, 2.45) is 0 Å². The van der Waals surface area contributed by atoms with Crippen LogP contribution in [0.3, 0.4) is 0 Å². The van der Waals surface area contributed by atoms with E-state index in [0.29, 0.717) is 12.6 Å². The number of hydrogen-bond donors (Lipinski definition) is 1. The van der Waals surface area contributed by atoms with Gasteiger partial charge in [0, 0.05) is 6.04 Å². The van der Waals surface area contributed by atoms with Crippen LogP contribution in [0.2, 0.25) is 0 Å². The van der Waals surface area contributed by atoms with E-state index in [1.54, 1.807) is 6.26 Å². The number of hydrogen-bond acceptors (Lipinski definition) is 4. The Bertz CT molecular complexity index is 870. The number of benzene rings is 1. The molecule has 1 amide bonds. The molecule has 1 aliphatic carbocycles. The van der Waals surface area contributed by atoms with Gasteiger partial charge in [-0.15, -0.1) is 0 Å². The fourth-order valence-electron chi connectivity index (χ4n) is 2.88. The third-order valence-corrected chi connectivity index (χ3v) is 5.49. The second-order valence-electron chi connectivity index (χ2n) is 6.45. The molecule has 1 saturated carbocycles. The Morgan fingerprint density at radius 2 is 2.12 bits per heavy atom. The Hall–Kier alpha value is -2.47. The van der Waals surface area contributed by atoms with Crippen molar-refractivity contribution in [3.63, 3.8) is 0 Å². The summed E-state index contributed by atoms with van der Waals surface area (Å²) in [5.41, 5.74) is 2.28. The number of aromatic nitrogens is 2. The number of rotatable bonds is 7. The normalized spacial score (nSPS) is 15.0. The molecule has 1 fully saturated rings. The highest BCUT2D eigenvalue weighted by Gasteiger charge is 2.30. The van der Waals surface area contributed by atoms with Gasteiger partial charge in [0.1, 0.15) is 5.76 Å². The van der Waals surface area contributed by atoms with Gasteiger partial charge in [0.15, 0.2) is 5.16 Å². The first kappa shape index (κ1) is 17.0. The minimum absolute atomic E-state index is 0.0157. The van der Waals surface area contributed by atoms with Crippen LogP contribution in [0.5, 0.6) is 0 Å². The summed E-state index contributed by atoms with van der Waals surface area (Å²) in [7, 11) is 0. The number of carbonyl (C=O) groups excluding carboxylic acids is 1. The van der Waals surface area contributed by atoms with E-state index in [2.05, 4.69) is 27.0 Å². The van der Waals surface area contributed by atoms with Gasteiger partial charge in [-0.3, -0.25) is 4.79 Å². The van der Waals surface area contributed by atoms with Crippen molar-refractivity contribution in [3.8, 4) is 11.3 Å². The van der Waals surface area contributed by atoms with Gasteiger partial charge >= 0.3 is 0 Å². The van der Waals surface area contributed by atoms with Crippen LogP contribution >= 0.6 is 11.8 Å². The van der Waals surface area contributed by atoms with Crippen LogP contribution in [0.4, 0.5) is 0 Å². The first-order valence-electron chi connectivity index (χ1n) is 8.82. The maximum absolute atomic E-state index is 12.4. The zero-order chi connectivity index (χ0) is 17.9. The van der Waals surface area contributed by atoms with E-state index in [0.717, 1.165) is 22.2 Å². The van der Waals surface area contributed by atoms with Gasteiger partial charge in [0.2, 0.25) is 5.91 Å². The predicted octanol–water partition coefficient (Wildman–Crippen LogP) is 4.28. The summed E-state index contributed by atoms with van der Waals surface area (Å²) in [6, 6.07) is 14.5. The van der Waals surface area contributed by atoms with E-state index in [9.17, 15) is 4.79 Å². The topological polar surface area (TPSA) is 60.1 Å². The standard InChI is InChI=1S/C20H21N3O2S/c1-14(19(24)21-12-17-8-5-11-25-17)26-20-22-13-18(23(20)16-9-10-16)15-6-3-2-4-7-15/h2-8,11,13-14,16H,9-10,12H2,1H3,(H,21,24). The van der Waals surface area contributed by atoms with E-state index in [-0.39, 0.29) is 11.2 Å². The van der Waals surface area contributed by atoms with Crippen molar-refractivity contribution in [2.45, 2.75) is 42.8 Å². The van der Waals surface area contributed by atoms with E-state index < -0.39 is 0 Å². The number of thioether (sulfide) groups is 1. The summed E-state index contributed by atoms with van der Waals surface area (Å²) < 4.78 is 7.54. The third kappa shape index (κ3) is 3.70. The van der Waals surface area contributed by atoms with Crippen LogP contribution in [-0.4, -0.2) is 20.7 Å². The van der Waals surface area contributed by atoms with Crippen molar-refractivity contribution in [1.29, 1.82) is 0 Å². The number of carbonyl (C=O) groups is 1. The lowest BCUT2D eigenvalue weighted by molar-refractivity contribution is -0.120. The Balaban J connectivity index is 1.47. The predicted molar refractivity (Wildman–Crippen MR) is 102 cm³/mol. The Kier molecular flexibility index (Phi) is 4.84. The van der Waals surface area contributed by atoms with Crippen molar-refractivity contribution in [1.82, 2.24) is 14.9 Å². The molecule has 1 N–H and O–H groups in total. The van der Waals surface area contributed by atoms with E-state index in [4.69, 9.17) is 4.42 Å².